The smallest absolute Gasteiger partial charge is 0.427 e. The number of nitrogens with zero attached hydrogens (tertiary/aromatic N) is 3. The lowest BCUT2D eigenvalue weighted by Crippen LogP contribution is -2.16. The average molecular weight is 259 g/mol. The Morgan fingerprint density at radius 2 is 2.62 bits per heavy atom. The van der Waals surface area contributed by atoms with Crippen LogP contribution in [0.4, 0.5) is 4.79 Å². The molecule has 0 aliphatic carbocycles. The van der Waals surface area contributed by atoms with Crippen LogP contribution in [-0.2, 0) is 4.74 Å². The van der Waals surface area contributed by atoms with E-state index in [0.29, 0.717) is 10.8 Å². The molecule has 16 heavy (non-hydrogen) atoms. The van der Waals surface area contributed by atoms with Crippen molar-refractivity contribution in [3.63, 3.8) is 0 Å². The molecule has 2 heterocycles. The number of halogens is 1. The first-order valence-corrected chi connectivity index (χ1v) is 5.46. The molecule has 0 fully saturated rings. The minimum atomic E-state index is -0.640. The summed E-state index contributed by atoms with van der Waals surface area (Å²) in [7, 11) is 1.26. The second-order valence-corrected chi connectivity index (χ2v) is 3.94. The Bertz CT molecular complexity index is 547. The second kappa shape index (κ2) is 4.50. The minimum absolute atomic E-state index is 0.335. The molecular formula is C8H7ClN4O2S. The maximum Gasteiger partial charge on any atom is 0.427 e. The van der Waals surface area contributed by atoms with E-state index < -0.39 is 6.09 Å². The van der Waals surface area contributed by atoms with Crippen LogP contribution in [0.25, 0.3) is 4.96 Å². The van der Waals surface area contributed by atoms with Crippen LogP contribution in [0, 0.1) is 0 Å². The van der Waals surface area contributed by atoms with Gasteiger partial charge in [-0.25, -0.2) is 15.2 Å². The summed E-state index contributed by atoms with van der Waals surface area (Å²) >= 11 is 7.36. The number of hydrogen-bond donors (Lipinski definition) is 1. The van der Waals surface area contributed by atoms with Crippen LogP contribution in [0.5, 0.6) is 0 Å². The Kier molecular flexibility index (Phi) is 3.07. The first-order chi connectivity index (χ1) is 7.72. The quantitative estimate of drug-likeness (QED) is 0.659. The van der Waals surface area contributed by atoms with Crippen molar-refractivity contribution < 1.29 is 9.53 Å². The predicted molar refractivity (Wildman–Crippen MR) is 61.2 cm³/mol. The Balaban J connectivity index is 2.22. The van der Waals surface area contributed by atoms with E-state index in [-0.39, 0.29) is 0 Å². The third-order valence-electron chi connectivity index (χ3n) is 1.78. The average Bonchev–Trinajstić information content (AvgIpc) is 2.81. The summed E-state index contributed by atoms with van der Waals surface area (Å²) in [6.07, 6.45) is 2.59. The first-order valence-electron chi connectivity index (χ1n) is 4.20. The highest BCUT2D eigenvalue weighted by Gasteiger charge is 2.08. The fraction of sp³-hybridized carbons (Fsp3) is 0.125. The standard InChI is InChI=1S/C8H7ClN4O2S/c1-15-8(14)12-10-4-5-6(9)11-7-13(5)2-3-16-7/h2-4H,1H3,(H,12,14)/b10-4-. The van der Waals surface area contributed by atoms with Gasteiger partial charge in [0.05, 0.1) is 13.3 Å². The van der Waals surface area contributed by atoms with Crippen molar-refractivity contribution in [1.29, 1.82) is 0 Å². The molecule has 0 aliphatic heterocycles. The van der Waals surface area contributed by atoms with Gasteiger partial charge in [0.1, 0.15) is 5.69 Å². The Labute approximate surface area is 99.5 Å². The van der Waals surface area contributed by atoms with Gasteiger partial charge in [0.2, 0.25) is 0 Å². The fourth-order valence-corrected chi connectivity index (χ4v) is 2.08. The molecular weight excluding hydrogens is 252 g/mol. The monoisotopic (exact) mass is 258 g/mol. The van der Waals surface area contributed by atoms with Crippen molar-refractivity contribution in [1.82, 2.24) is 14.8 Å². The predicted octanol–water partition coefficient (Wildman–Crippen LogP) is 1.74. The van der Waals surface area contributed by atoms with Gasteiger partial charge in [-0.15, -0.1) is 11.3 Å². The van der Waals surface area contributed by atoms with E-state index in [4.69, 9.17) is 11.6 Å². The van der Waals surface area contributed by atoms with E-state index in [0.717, 1.165) is 4.96 Å². The Morgan fingerprint density at radius 1 is 1.81 bits per heavy atom. The molecule has 0 bridgehead atoms. The highest BCUT2D eigenvalue weighted by Crippen LogP contribution is 2.19. The Hall–Kier alpha value is -1.60. The number of methoxy groups -OCH3 is 1. The number of nitrogens with one attached hydrogen (secondary N) is 1. The molecule has 84 valence electrons. The normalized spacial score (nSPS) is 11.1. The SMILES string of the molecule is COC(=O)N/N=C\c1c(Cl)nc2sccn12. The molecule has 8 heteroatoms. The zero-order valence-corrected chi connectivity index (χ0v) is 9.75. The number of hydrogen-bond acceptors (Lipinski definition) is 5. The van der Waals surface area contributed by atoms with Crippen molar-refractivity contribution in [2.45, 2.75) is 0 Å². The molecule has 2 rings (SSSR count). The number of aromatic nitrogens is 2. The molecule has 1 amide bonds. The Morgan fingerprint density at radius 3 is 3.38 bits per heavy atom. The lowest BCUT2D eigenvalue weighted by molar-refractivity contribution is 0.171. The summed E-state index contributed by atoms with van der Waals surface area (Å²) in [5.41, 5.74) is 2.77. The number of amides is 1. The van der Waals surface area contributed by atoms with E-state index in [1.165, 1.54) is 24.7 Å². The van der Waals surface area contributed by atoms with Crippen molar-refractivity contribution in [2.75, 3.05) is 7.11 Å². The lowest BCUT2D eigenvalue weighted by Gasteiger charge is -1.95. The van der Waals surface area contributed by atoms with Crippen LogP contribution >= 0.6 is 22.9 Å². The van der Waals surface area contributed by atoms with E-state index in [9.17, 15) is 4.79 Å². The second-order valence-electron chi connectivity index (χ2n) is 2.71. The molecule has 2 aromatic heterocycles. The van der Waals surface area contributed by atoms with Gasteiger partial charge in [-0.05, 0) is 0 Å². The first kappa shape index (κ1) is 10.9. The topological polar surface area (TPSA) is 68.0 Å². The van der Waals surface area contributed by atoms with Crippen LogP contribution in [0.2, 0.25) is 5.15 Å². The maximum absolute atomic E-state index is 10.7. The van der Waals surface area contributed by atoms with Crippen LogP contribution in [0.1, 0.15) is 5.69 Å². The maximum atomic E-state index is 10.7. The zero-order valence-electron chi connectivity index (χ0n) is 8.18. The molecule has 0 aliphatic rings. The summed E-state index contributed by atoms with van der Waals surface area (Å²) in [5, 5.41) is 5.90. The molecule has 2 aromatic rings. The van der Waals surface area contributed by atoms with Gasteiger partial charge in [0.25, 0.3) is 0 Å². The van der Waals surface area contributed by atoms with Crippen molar-refractivity contribution >= 4 is 40.2 Å². The number of imidazole rings is 1. The third kappa shape index (κ3) is 2.00. The van der Waals surface area contributed by atoms with E-state index in [1.54, 1.807) is 4.40 Å². The van der Waals surface area contributed by atoms with Crippen LogP contribution in [-0.4, -0.2) is 28.8 Å². The van der Waals surface area contributed by atoms with Gasteiger partial charge >= 0.3 is 6.09 Å². The number of rotatable bonds is 2. The molecule has 0 radical (unpaired) electrons. The zero-order chi connectivity index (χ0) is 11.5. The minimum Gasteiger partial charge on any atom is -0.452 e. The number of carbonyl (C=O) groups is 1. The van der Waals surface area contributed by atoms with Crippen LogP contribution in [0.15, 0.2) is 16.7 Å². The summed E-state index contributed by atoms with van der Waals surface area (Å²) < 4.78 is 6.13. The summed E-state index contributed by atoms with van der Waals surface area (Å²) in [5.74, 6) is 0. The van der Waals surface area contributed by atoms with Crippen molar-refractivity contribution in [3.05, 3.63) is 22.4 Å². The molecule has 0 saturated heterocycles. The highest BCUT2D eigenvalue weighted by molar-refractivity contribution is 7.15. The van der Waals surface area contributed by atoms with Gasteiger partial charge in [0, 0.05) is 11.6 Å². The molecule has 0 unspecified atom stereocenters. The number of fused-ring (bicyclic) bond motifs is 1. The van der Waals surface area contributed by atoms with Crippen molar-refractivity contribution in [3.8, 4) is 0 Å². The number of thiazole rings is 1. The largest absolute Gasteiger partial charge is 0.452 e. The van der Waals surface area contributed by atoms with E-state index in [2.05, 4.69) is 20.2 Å². The van der Waals surface area contributed by atoms with Crippen LogP contribution in [0.3, 0.4) is 0 Å². The lowest BCUT2D eigenvalue weighted by atomic mass is 10.5. The summed E-state index contributed by atoms with van der Waals surface area (Å²) in [6, 6.07) is 0. The molecule has 1 N–H and O–H groups in total. The number of ether oxygens (including phenoxy) is 1. The third-order valence-corrected chi connectivity index (χ3v) is 2.82. The van der Waals surface area contributed by atoms with Gasteiger partial charge in [-0.2, -0.15) is 5.10 Å². The van der Waals surface area contributed by atoms with Crippen LogP contribution < -0.4 is 5.43 Å². The summed E-state index contributed by atoms with van der Waals surface area (Å²) in [4.78, 5) is 15.6. The van der Waals surface area contributed by atoms with Gasteiger partial charge in [-0.1, -0.05) is 11.6 Å². The van der Waals surface area contributed by atoms with Gasteiger partial charge in [-0.3, -0.25) is 4.40 Å². The number of carbonyl (C=O) groups excluding carboxylic acids is 1. The molecule has 0 aromatic carbocycles. The van der Waals surface area contributed by atoms with Crippen molar-refractivity contribution in [2.24, 2.45) is 5.10 Å². The molecule has 0 atom stereocenters. The van der Waals surface area contributed by atoms with E-state index >= 15 is 0 Å². The fourth-order valence-electron chi connectivity index (χ4n) is 1.08. The summed E-state index contributed by atoms with van der Waals surface area (Å²) in [6.45, 7) is 0. The highest BCUT2D eigenvalue weighted by atomic mass is 35.5. The molecule has 6 nitrogen and oxygen atoms in total. The molecule has 0 spiro atoms. The van der Waals surface area contributed by atoms with Gasteiger partial charge in [0.15, 0.2) is 10.1 Å². The van der Waals surface area contributed by atoms with E-state index in [1.807, 2.05) is 11.6 Å². The van der Waals surface area contributed by atoms with Gasteiger partial charge < -0.3 is 4.74 Å². The molecule has 0 saturated carbocycles. The number of hydrazone groups is 1.